The maximum absolute atomic E-state index is 9.29. The Kier molecular flexibility index (Phi) is 3.43. The average Bonchev–Trinajstić information content (AvgIpc) is 3.20. The third-order valence-corrected chi connectivity index (χ3v) is 4.73. The van der Waals surface area contributed by atoms with Gasteiger partial charge in [0.25, 0.3) is 0 Å². The van der Waals surface area contributed by atoms with Crippen LogP contribution in [0.4, 0.5) is 0 Å². The van der Waals surface area contributed by atoms with Crippen LogP contribution in [0.2, 0.25) is 0 Å². The molecule has 1 aromatic heterocycles. The number of ether oxygens (including phenoxy) is 2. The number of aliphatic hydroxyl groups excluding tert-OH is 1. The normalized spacial score (nSPS) is 21.1. The van der Waals surface area contributed by atoms with E-state index in [2.05, 4.69) is 16.6 Å². The van der Waals surface area contributed by atoms with E-state index in [0.29, 0.717) is 12.5 Å². The molecule has 1 saturated heterocycles. The molecule has 1 atom stereocenters. The number of nitrogens with zero attached hydrogens (tertiary/aromatic N) is 3. The molecule has 0 aliphatic carbocycles. The van der Waals surface area contributed by atoms with Gasteiger partial charge in [0.15, 0.2) is 11.5 Å². The number of likely N-dealkylation sites (N-methyl/N-ethyl adjacent to an activating group) is 1. The van der Waals surface area contributed by atoms with Gasteiger partial charge in [0.1, 0.15) is 0 Å². The molecule has 2 aliphatic heterocycles. The first-order valence-corrected chi connectivity index (χ1v) is 7.86. The van der Waals surface area contributed by atoms with E-state index in [9.17, 15) is 5.11 Å². The molecule has 2 aliphatic rings. The number of aromatic nitrogens is 2. The highest BCUT2D eigenvalue weighted by molar-refractivity contribution is 5.86. The highest BCUT2D eigenvalue weighted by Gasteiger charge is 2.24. The summed E-state index contributed by atoms with van der Waals surface area (Å²) in [5, 5.41) is 15.1. The SMILES string of the molecule is CN1CCCC1Cn1nc(CCO)c2cc3c(cc21)OCO3. The molecule has 1 aromatic carbocycles. The first-order valence-electron chi connectivity index (χ1n) is 7.86. The molecule has 22 heavy (non-hydrogen) atoms. The van der Waals surface area contributed by atoms with Gasteiger partial charge >= 0.3 is 0 Å². The van der Waals surface area contributed by atoms with Crippen molar-refractivity contribution in [1.29, 1.82) is 0 Å². The highest BCUT2D eigenvalue weighted by atomic mass is 16.7. The van der Waals surface area contributed by atoms with E-state index in [1.807, 2.05) is 12.1 Å². The van der Waals surface area contributed by atoms with Gasteiger partial charge in [-0.1, -0.05) is 0 Å². The Labute approximate surface area is 129 Å². The van der Waals surface area contributed by atoms with Gasteiger partial charge in [0, 0.05) is 30.5 Å². The van der Waals surface area contributed by atoms with Crippen LogP contribution >= 0.6 is 0 Å². The average molecular weight is 303 g/mol. The summed E-state index contributed by atoms with van der Waals surface area (Å²) in [6.45, 7) is 2.40. The minimum absolute atomic E-state index is 0.101. The number of benzene rings is 1. The van der Waals surface area contributed by atoms with Crippen molar-refractivity contribution in [3.8, 4) is 11.5 Å². The summed E-state index contributed by atoms with van der Waals surface area (Å²) in [6.07, 6.45) is 3.01. The Bertz CT molecular complexity index is 697. The third kappa shape index (κ3) is 2.23. The zero-order valence-corrected chi connectivity index (χ0v) is 12.8. The summed E-state index contributed by atoms with van der Waals surface area (Å²) in [4.78, 5) is 2.40. The minimum atomic E-state index is 0.101. The Morgan fingerprint density at radius 2 is 2.14 bits per heavy atom. The second-order valence-corrected chi connectivity index (χ2v) is 6.10. The van der Waals surface area contributed by atoms with Gasteiger partial charge in [-0.25, -0.2) is 0 Å². The number of likely N-dealkylation sites (tertiary alicyclic amines) is 1. The number of hydrogen-bond donors (Lipinski definition) is 1. The van der Waals surface area contributed by atoms with Gasteiger partial charge in [-0.3, -0.25) is 4.68 Å². The van der Waals surface area contributed by atoms with Crippen LogP contribution in [0.3, 0.4) is 0 Å². The molecule has 0 saturated carbocycles. The standard InChI is InChI=1S/C16H21N3O3/c1-18-5-2-3-11(18)9-19-14-8-16-15(21-10-22-16)7-12(14)13(17-19)4-6-20/h7-8,11,20H,2-6,9-10H2,1H3. The van der Waals surface area contributed by atoms with E-state index in [1.165, 1.54) is 12.8 Å². The van der Waals surface area contributed by atoms with Crippen LogP contribution in [0.25, 0.3) is 10.9 Å². The Balaban J connectivity index is 1.76. The van der Waals surface area contributed by atoms with Crippen LogP contribution in [0.15, 0.2) is 12.1 Å². The molecule has 0 spiro atoms. The molecule has 118 valence electrons. The van der Waals surface area contributed by atoms with Gasteiger partial charge < -0.3 is 19.5 Å². The van der Waals surface area contributed by atoms with E-state index in [0.717, 1.165) is 41.2 Å². The van der Waals surface area contributed by atoms with Gasteiger partial charge in [-0.05, 0) is 32.5 Å². The summed E-state index contributed by atoms with van der Waals surface area (Å²) in [7, 11) is 2.17. The van der Waals surface area contributed by atoms with E-state index in [1.54, 1.807) is 0 Å². The predicted octanol–water partition coefficient (Wildman–Crippen LogP) is 1.39. The van der Waals surface area contributed by atoms with Crippen molar-refractivity contribution < 1.29 is 14.6 Å². The van der Waals surface area contributed by atoms with Gasteiger partial charge in [0.2, 0.25) is 6.79 Å². The van der Waals surface area contributed by atoms with Crippen molar-refractivity contribution in [2.75, 3.05) is 27.0 Å². The lowest BCUT2D eigenvalue weighted by Gasteiger charge is -2.19. The van der Waals surface area contributed by atoms with Crippen molar-refractivity contribution in [3.05, 3.63) is 17.8 Å². The molecule has 4 rings (SSSR count). The van der Waals surface area contributed by atoms with Crippen LogP contribution in [0.5, 0.6) is 11.5 Å². The second kappa shape index (κ2) is 5.44. The fourth-order valence-electron chi connectivity index (χ4n) is 3.47. The maximum atomic E-state index is 9.29. The molecule has 2 aromatic rings. The lowest BCUT2D eigenvalue weighted by Crippen LogP contribution is -2.29. The van der Waals surface area contributed by atoms with E-state index < -0.39 is 0 Å². The Morgan fingerprint density at radius 3 is 2.86 bits per heavy atom. The van der Waals surface area contributed by atoms with Crippen molar-refractivity contribution in [1.82, 2.24) is 14.7 Å². The third-order valence-electron chi connectivity index (χ3n) is 4.73. The molecule has 0 radical (unpaired) electrons. The first kappa shape index (κ1) is 13.8. The zero-order valence-electron chi connectivity index (χ0n) is 12.8. The largest absolute Gasteiger partial charge is 0.454 e. The van der Waals surface area contributed by atoms with Gasteiger partial charge in [0.05, 0.1) is 17.8 Å². The predicted molar refractivity (Wildman–Crippen MR) is 82.3 cm³/mol. The summed E-state index contributed by atoms with van der Waals surface area (Å²) >= 11 is 0. The number of aliphatic hydroxyl groups is 1. The smallest absolute Gasteiger partial charge is 0.231 e. The number of rotatable bonds is 4. The molecule has 6 nitrogen and oxygen atoms in total. The van der Waals surface area contributed by atoms with E-state index in [4.69, 9.17) is 14.6 Å². The highest BCUT2D eigenvalue weighted by Crippen LogP contribution is 2.37. The summed E-state index contributed by atoms with van der Waals surface area (Å²) < 4.78 is 13.0. The summed E-state index contributed by atoms with van der Waals surface area (Å²) in [6, 6.07) is 4.53. The van der Waals surface area contributed by atoms with Crippen molar-refractivity contribution >= 4 is 10.9 Å². The molecule has 1 fully saturated rings. The molecular weight excluding hydrogens is 282 g/mol. The Morgan fingerprint density at radius 1 is 1.32 bits per heavy atom. The van der Waals surface area contributed by atoms with Crippen molar-refractivity contribution in [2.45, 2.75) is 31.8 Å². The molecule has 3 heterocycles. The lowest BCUT2D eigenvalue weighted by atomic mass is 10.1. The number of fused-ring (bicyclic) bond motifs is 2. The van der Waals surface area contributed by atoms with Crippen LogP contribution < -0.4 is 9.47 Å². The molecule has 0 bridgehead atoms. The minimum Gasteiger partial charge on any atom is -0.454 e. The fourth-order valence-corrected chi connectivity index (χ4v) is 3.47. The molecule has 0 amide bonds. The first-order chi connectivity index (χ1) is 10.8. The number of hydrogen-bond acceptors (Lipinski definition) is 5. The summed E-state index contributed by atoms with van der Waals surface area (Å²) in [5.41, 5.74) is 1.99. The molecular formula is C16H21N3O3. The monoisotopic (exact) mass is 303 g/mol. The van der Waals surface area contributed by atoms with Crippen LogP contribution in [-0.2, 0) is 13.0 Å². The molecule has 6 heteroatoms. The van der Waals surface area contributed by atoms with Crippen LogP contribution in [-0.4, -0.2) is 52.8 Å². The van der Waals surface area contributed by atoms with E-state index in [-0.39, 0.29) is 13.4 Å². The van der Waals surface area contributed by atoms with Gasteiger partial charge in [-0.2, -0.15) is 5.10 Å². The Hall–Kier alpha value is -1.79. The van der Waals surface area contributed by atoms with Crippen LogP contribution in [0.1, 0.15) is 18.5 Å². The lowest BCUT2D eigenvalue weighted by molar-refractivity contribution is 0.174. The van der Waals surface area contributed by atoms with Gasteiger partial charge in [-0.15, -0.1) is 0 Å². The maximum Gasteiger partial charge on any atom is 0.231 e. The molecule has 1 N–H and O–H groups in total. The van der Waals surface area contributed by atoms with E-state index >= 15 is 0 Å². The summed E-state index contributed by atoms with van der Waals surface area (Å²) in [5.74, 6) is 1.55. The quantitative estimate of drug-likeness (QED) is 0.925. The topological polar surface area (TPSA) is 59.8 Å². The zero-order chi connectivity index (χ0) is 15.1. The van der Waals surface area contributed by atoms with Crippen molar-refractivity contribution in [2.24, 2.45) is 0 Å². The fraction of sp³-hybridized carbons (Fsp3) is 0.562. The van der Waals surface area contributed by atoms with Crippen molar-refractivity contribution in [3.63, 3.8) is 0 Å². The second-order valence-electron chi connectivity index (χ2n) is 6.10. The molecule has 1 unspecified atom stereocenters. The van der Waals surface area contributed by atoms with Crippen LogP contribution in [0, 0.1) is 0 Å².